The molecule has 4 aliphatic carbocycles. The van der Waals surface area contributed by atoms with E-state index in [1.807, 2.05) is 6.08 Å². The first kappa shape index (κ1) is 18.6. The molecular weight excluding hydrogens is 340 g/mol. The highest BCUT2D eigenvalue weighted by Gasteiger charge is 2.60. The summed E-state index contributed by atoms with van der Waals surface area (Å²) in [7, 11) is 0. The molecule has 0 radical (unpaired) electrons. The van der Waals surface area contributed by atoms with Crippen LogP contribution >= 0.6 is 0 Å². The molecule has 0 aliphatic heterocycles. The Bertz CT molecular complexity index is 778. The van der Waals surface area contributed by atoms with Crippen LogP contribution in [0.4, 0.5) is 0 Å². The van der Waals surface area contributed by atoms with Gasteiger partial charge in [0.1, 0.15) is 5.78 Å². The fourth-order valence-electron chi connectivity index (χ4n) is 8.40. The summed E-state index contributed by atoms with van der Waals surface area (Å²) in [5.41, 5.74) is 3.26. The first-order valence-corrected chi connectivity index (χ1v) is 11.8. The lowest BCUT2D eigenvalue weighted by Gasteiger charge is -2.61. The Hall–Kier alpha value is -1.37. The van der Waals surface area contributed by atoms with E-state index in [0.717, 1.165) is 30.6 Å². The summed E-state index contributed by atoms with van der Waals surface area (Å²) in [5.74, 6) is 3.77. The average Bonchev–Trinajstić information content (AvgIpc) is 3.02. The minimum Gasteiger partial charge on any atom is -0.299 e. The molecule has 0 heterocycles. The van der Waals surface area contributed by atoms with Gasteiger partial charge in [0.05, 0.1) is 0 Å². The molecule has 0 aromatic heterocycles. The van der Waals surface area contributed by atoms with Gasteiger partial charge in [-0.3, -0.25) is 4.79 Å². The van der Waals surface area contributed by atoms with Gasteiger partial charge < -0.3 is 0 Å². The quantitative estimate of drug-likeness (QED) is 0.563. The second kappa shape index (κ2) is 6.85. The van der Waals surface area contributed by atoms with Gasteiger partial charge in [0.25, 0.3) is 0 Å². The number of carbonyl (C=O) groups is 1. The Labute approximate surface area is 171 Å². The van der Waals surface area contributed by atoms with Gasteiger partial charge in [-0.1, -0.05) is 56.7 Å². The molecule has 4 saturated carbocycles. The van der Waals surface area contributed by atoms with E-state index in [1.54, 1.807) is 0 Å². The van der Waals surface area contributed by atoms with Crippen molar-refractivity contribution in [3.63, 3.8) is 0 Å². The van der Waals surface area contributed by atoms with Crippen molar-refractivity contribution in [3.05, 3.63) is 42.0 Å². The second-order valence-corrected chi connectivity index (χ2v) is 10.7. The third-order valence-corrected chi connectivity index (χ3v) is 9.71. The zero-order valence-electron chi connectivity index (χ0n) is 17.6. The molecule has 6 atom stereocenters. The van der Waals surface area contributed by atoms with Crippen LogP contribution in [-0.4, -0.2) is 5.78 Å². The highest BCUT2D eigenvalue weighted by Crippen LogP contribution is 2.66. The van der Waals surface area contributed by atoms with E-state index < -0.39 is 0 Å². The molecule has 150 valence electrons. The molecule has 0 saturated heterocycles. The van der Waals surface area contributed by atoms with E-state index in [0.29, 0.717) is 17.1 Å². The summed E-state index contributed by atoms with van der Waals surface area (Å²) in [6.07, 6.45) is 16.2. The fraction of sp³-hybridized carbons (Fsp3) is 0.667. The van der Waals surface area contributed by atoms with E-state index >= 15 is 0 Å². The van der Waals surface area contributed by atoms with Gasteiger partial charge in [0.15, 0.2) is 0 Å². The maximum absolute atomic E-state index is 12.7. The van der Waals surface area contributed by atoms with Crippen LogP contribution in [0.3, 0.4) is 0 Å². The highest BCUT2D eigenvalue weighted by atomic mass is 16.1. The zero-order chi connectivity index (χ0) is 19.4. The largest absolute Gasteiger partial charge is 0.299 e. The topological polar surface area (TPSA) is 17.1 Å². The van der Waals surface area contributed by atoms with Crippen molar-refractivity contribution in [2.24, 2.45) is 34.5 Å². The van der Waals surface area contributed by atoms with Crippen LogP contribution in [0.5, 0.6) is 0 Å². The molecule has 5 rings (SSSR count). The molecule has 1 nitrogen and oxygen atoms in total. The first-order chi connectivity index (χ1) is 13.6. The normalized spacial score (nSPS) is 42.4. The monoisotopic (exact) mass is 376 g/mol. The van der Waals surface area contributed by atoms with Gasteiger partial charge in [-0.15, -0.1) is 0 Å². The molecule has 4 fully saturated rings. The summed E-state index contributed by atoms with van der Waals surface area (Å²) >= 11 is 0. The van der Waals surface area contributed by atoms with E-state index in [4.69, 9.17) is 0 Å². The van der Waals surface area contributed by atoms with Crippen molar-refractivity contribution >= 4 is 11.9 Å². The Morgan fingerprint density at radius 1 is 1.07 bits per heavy atom. The van der Waals surface area contributed by atoms with Gasteiger partial charge in [-0.05, 0) is 91.6 Å². The second-order valence-electron chi connectivity index (χ2n) is 10.7. The Morgan fingerprint density at radius 3 is 2.82 bits per heavy atom. The number of ketones is 1. The molecule has 1 heteroatoms. The molecule has 1 aromatic carbocycles. The van der Waals surface area contributed by atoms with Crippen LogP contribution in [0.2, 0.25) is 0 Å². The number of carbonyl (C=O) groups excluding carboxylic acids is 1. The predicted molar refractivity (Wildman–Crippen MR) is 116 cm³/mol. The van der Waals surface area contributed by atoms with E-state index in [1.165, 1.54) is 68.9 Å². The van der Waals surface area contributed by atoms with Gasteiger partial charge in [0.2, 0.25) is 0 Å². The van der Waals surface area contributed by atoms with Crippen LogP contribution in [0.25, 0.3) is 6.08 Å². The lowest BCUT2D eigenvalue weighted by Crippen LogP contribution is -2.54. The molecule has 1 unspecified atom stereocenters. The van der Waals surface area contributed by atoms with Crippen molar-refractivity contribution in [1.29, 1.82) is 0 Å². The fourth-order valence-corrected chi connectivity index (χ4v) is 8.40. The van der Waals surface area contributed by atoms with Gasteiger partial charge in [-0.25, -0.2) is 0 Å². The molecular formula is C27H36O. The highest BCUT2D eigenvalue weighted by molar-refractivity contribution is 5.87. The first-order valence-electron chi connectivity index (χ1n) is 11.8. The number of hydrogen-bond acceptors (Lipinski definition) is 1. The van der Waals surface area contributed by atoms with Crippen molar-refractivity contribution in [1.82, 2.24) is 0 Å². The SMILES string of the molecule is C=Cc1cccc(C[C@]23CCCCC2CC[C@@H]2[C@H]3CC[C@]3(C)C(=O)CC[C@@H]23)c1. The Kier molecular flexibility index (Phi) is 4.56. The van der Waals surface area contributed by atoms with Crippen molar-refractivity contribution in [3.8, 4) is 0 Å². The number of Topliss-reactive ketones (excluding diaryl/α,β-unsaturated/α-hetero) is 1. The molecule has 28 heavy (non-hydrogen) atoms. The third-order valence-electron chi connectivity index (χ3n) is 9.71. The Balaban J connectivity index is 1.51. The Morgan fingerprint density at radius 2 is 1.96 bits per heavy atom. The van der Waals surface area contributed by atoms with E-state index in [2.05, 4.69) is 37.8 Å². The predicted octanol–water partition coefficient (Wildman–Crippen LogP) is 6.85. The third kappa shape index (κ3) is 2.68. The molecule has 0 N–H and O–H groups in total. The minimum absolute atomic E-state index is 0.00656. The molecule has 1 aromatic rings. The van der Waals surface area contributed by atoms with Gasteiger partial charge in [0, 0.05) is 11.8 Å². The molecule has 4 aliphatic rings. The van der Waals surface area contributed by atoms with Crippen LogP contribution < -0.4 is 0 Å². The standard InChI is InChI=1S/C27H36O/c1-3-19-7-6-8-20(17-19)18-27-15-5-4-9-21(27)10-11-22-23-12-13-25(28)26(23,2)16-14-24(22)27/h3,6-8,17,21-24H,1,4-5,9-16,18H2,2H3/t21?,22-,23-,24+,26-,27+/m0/s1. The summed E-state index contributed by atoms with van der Waals surface area (Å²) in [6, 6.07) is 9.12. The average molecular weight is 377 g/mol. The molecule has 0 bridgehead atoms. The van der Waals surface area contributed by atoms with Crippen LogP contribution in [0.1, 0.15) is 82.3 Å². The summed E-state index contributed by atoms with van der Waals surface area (Å²) in [5, 5.41) is 0. The smallest absolute Gasteiger partial charge is 0.139 e. The van der Waals surface area contributed by atoms with E-state index in [9.17, 15) is 4.79 Å². The van der Waals surface area contributed by atoms with Gasteiger partial charge in [-0.2, -0.15) is 0 Å². The maximum Gasteiger partial charge on any atom is 0.139 e. The molecule has 0 spiro atoms. The van der Waals surface area contributed by atoms with Crippen molar-refractivity contribution in [2.75, 3.05) is 0 Å². The number of rotatable bonds is 3. The van der Waals surface area contributed by atoms with Crippen LogP contribution in [0, 0.1) is 34.5 Å². The van der Waals surface area contributed by atoms with Crippen LogP contribution in [-0.2, 0) is 11.2 Å². The van der Waals surface area contributed by atoms with Crippen LogP contribution in [0.15, 0.2) is 30.8 Å². The minimum atomic E-state index is 0.00656. The summed E-state index contributed by atoms with van der Waals surface area (Å²) in [4.78, 5) is 12.7. The van der Waals surface area contributed by atoms with E-state index in [-0.39, 0.29) is 5.41 Å². The maximum atomic E-state index is 12.7. The van der Waals surface area contributed by atoms with Crippen molar-refractivity contribution in [2.45, 2.75) is 77.6 Å². The molecule has 0 amide bonds. The summed E-state index contributed by atoms with van der Waals surface area (Å²) in [6.45, 7) is 6.30. The zero-order valence-corrected chi connectivity index (χ0v) is 17.6. The number of fused-ring (bicyclic) bond motifs is 5. The lowest BCUT2D eigenvalue weighted by atomic mass is 9.43. The lowest BCUT2D eigenvalue weighted by molar-refractivity contribution is -0.140. The number of benzene rings is 1. The van der Waals surface area contributed by atoms with Crippen molar-refractivity contribution < 1.29 is 4.79 Å². The van der Waals surface area contributed by atoms with Gasteiger partial charge >= 0.3 is 0 Å². The summed E-state index contributed by atoms with van der Waals surface area (Å²) < 4.78 is 0. The number of hydrogen-bond donors (Lipinski definition) is 0.